The van der Waals surface area contributed by atoms with Crippen LogP contribution in [0.4, 0.5) is 4.79 Å². The van der Waals surface area contributed by atoms with Crippen molar-refractivity contribution < 1.29 is 38.9 Å². The second-order valence-electron chi connectivity index (χ2n) is 8.48. The maximum absolute atomic E-state index is 13.4. The number of carbonyl (C=O) groups excluding carboxylic acids is 4. The number of ether oxygens (including phenoxy) is 2. The SMILES string of the molecule is CCOC(=O)CCNC(=O)C(c1ccc(O)cc1)N(CCO)C(=O)C(CS)NC(=O)OC(C)(C)C. The molecule has 0 radical (unpaired) electrons. The number of thiol groups is 1. The summed E-state index contributed by atoms with van der Waals surface area (Å²) >= 11 is 4.16. The summed E-state index contributed by atoms with van der Waals surface area (Å²) in [5.74, 6) is -1.95. The first-order valence-corrected chi connectivity index (χ1v) is 11.8. The molecule has 0 aliphatic rings. The molecule has 0 saturated carbocycles. The van der Waals surface area contributed by atoms with Crippen LogP contribution < -0.4 is 10.6 Å². The average molecular weight is 514 g/mol. The van der Waals surface area contributed by atoms with Gasteiger partial charge in [0.15, 0.2) is 0 Å². The number of aliphatic hydroxyl groups is 1. The van der Waals surface area contributed by atoms with Crippen LogP contribution >= 0.6 is 12.6 Å². The van der Waals surface area contributed by atoms with E-state index in [2.05, 4.69) is 23.3 Å². The second-order valence-corrected chi connectivity index (χ2v) is 8.84. The summed E-state index contributed by atoms with van der Waals surface area (Å²) in [6.45, 7) is 6.13. The average Bonchev–Trinajstić information content (AvgIpc) is 2.77. The van der Waals surface area contributed by atoms with Crippen molar-refractivity contribution in [3.8, 4) is 5.75 Å². The summed E-state index contributed by atoms with van der Waals surface area (Å²) in [5, 5.41) is 24.3. The molecule has 35 heavy (non-hydrogen) atoms. The molecule has 196 valence electrons. The molecule has 2 atom stereocenters. The highest BCUT2D eigenvalue weighted by atomic mass is 32.1. The lowest BCUT2D eigenvalue weighted by Crippen LogP contribution is -2.54. The minimum atomic E-state index is -1.24. The third kappa shape index (κ3) is 10.4. The van der Waals surface area contributed by atoms with E-state index in [0.29, 0.717) is 5.56 Å². The largest absolute Gasteiger partial charge is 0.508 e. The van der Waals surface area contributed by atoms with Gasteiger partial charge in [-0.2, -0.15) is 12.6 Å². The standard InChI is InChI=1S/C23H35N3O8S/c1-5-33-18(29)10-11-24-20(30)19(15-6-8-16(28)9-7-15)26(12-13-27)21(31)17(14-35)25-22(32)34-23(2,3)4/h6-9,17,19,27-28,35H,5,10-14H2,1-4H3,(H,24,30)(H,25,32). The van der Waals surface area contributed by atoms with Gasteiger partial charge in [0, 0.05) is 18.8 Å². The summed E-state index contributed by atoms with van der Waals surface area (Å²) < 4.78 is 10.1. The van der Waals surface area contributed by atoms with E-state index in [9.17, 15) is 29.4 Å². The Balaban J connectivity index is 3.21. The minimum absolute atomic E-state index is 0.0421. The molecule has 4 N–H and O–H groups in total. The molecule has 11 nitrogen and oxygen atoms in total. The first-order valence-electron chi connectivity index (χ1n) is 11.2. The van der Waals surface area contributed by atoms with E-state index in [1.165, 1.54) is 24.3 Å². The van der Waals surface area contributed by atoms with Crippen molar-refractivity contribution in [3.05, 3.63) is 29.8 Å². The van der Waals surface area contributed by atoms with E-state index < -0.39 is 48.2 Å². The number of alkyl carbamates (subject to hydrolysis) is 1. The highest BCUT2D eigenvalue weighted by molar-refractivity contribution is 7.80. The molecule has 0 heterocycles. The van der Waals surface area contributed by atoms with Crippen molar-refractivity contribution in [2.24, 2.45) is 0 Å². The van der Waals surface area contributed by atoms with Gasteiger partial charge < -0.3 is 35.2 Å². The van der Waals surface area contributed by atoms with E-state index in [-0.39, 0.29) is 37.6 Å². The van der Waals surface area contributed by atoms with Crippen LogP contribution in [-0.4, -0.2) is 82.7 Å². The summed E-state index contributed by atoms with van der Waals surface area (Å²) in [5.41, 5.74) is -0.458. The number of amides is 3. The van der Waals surface area contributed by atoms with Gasteiger partial charge in [0.2, 0.25) is 11.8 Å². The number of nitrogens with one attached hydrogen (secondary N) is 2. The molecular formula is C23H35N3O8S. The first-order chi connectivity index (χ1) is 16.4. The predicted octanol–water partition coefficient (Wildman–Crippen LogP) is 1.15. The third-order valence-electron chi connectivity index (χ3n) is 4.50. The second kappa shape index (κ2) is 14.4. The number of nitrogens with zero attached hydrogens (tertiary/aromatic N) is 1. The number of rotatable bonds is 12. The monoisotopic (exact) mass is 513 g/mol. The molecule has 2 unspecified atom stereocenters. The number of benzene rings is 1. The quantitative estimate of drug-likeness (QED) is 0.206. The number of aromatic hydroxyl groups is 1. The zero-order valence-electron chi connectivity index (χ0n) is 20.4. The van der Waals surface area contributed by atoms with Crippen LogP contribution in [-0.2, 0) is 23.9 Å². The van der Waals surface area contributed by atoms with Crippen LogP contribution in [0.1, 0.15) is 45.7 Å². The maximum Gasteiger partial charge on any atom is 0.408 e. The van der Waals surface area contributed by atoms with Crippen LogP contribution in [0.2, 0.25) is 0 Å². The number of hydrogen-bond acceptors (Lipinski definition) is 9. The van der Waals surface area contributed by atoms with Gasteiger partial charge in [0.05, 0.1) is 19.6 Å². The molecule has 0 spiro atoms. The van der Waals surface area contributed by atoms with Gasteiger partial charge in [-0.3, -0.25) is 14.4 Å². The van der Waals surface area contributed by atoms with Crippen molar-refractivity contribution in [2.75, 3.05) is 32.1 Å². The number of esters is 1. The number of phenols is 1. The normalized spacial score (nSPS) is 12.7. The molecule has 1 aromatic rings. The van der Waals surface area contributed by atoms with Gasteiger partial charge in [0.1, 0.15) is 23.4 Å². The fraction of sp³-hybridized carbons (Fsp3) is 0.565. The molecule has 3 amide bonds. The van der Waals surface area contributed by atoms with Gasteiger partial charge in [-0.25, -0.2) is 4.79 Å². The number of phenolic OH excluding ortho intramolecular Hbond substituents is 1. The van der Waals surface area contributed by atoms with E-state index in [1.54, 1.807) is 27.7 Å². The third-order valence-corrected chi connectivity index (χ3v) is 4.86. The molecule has 12 heteroatoms. The summed E-state index contributed by atoms with van der Waals surface area (Å²) in [4.78, 5) is 51.6. The van der Waals surface area contributed by atoms with E-state index in [1.807, 2.05) is 0 Å². The van der Waals surface area contributed by atoms with Crippen molar-refractivity contribution in [1.29, 1.82) is 0 Å². The Kier molecular flexibility index (Phi) is 12.4. The van der Waals surface area contributed by atoms with Crippen molar-refractivity contribution in [1.82, 2.24) is 15.5 Å². The lowest BCUT2D eigenvalue weighted by Gasteiger charge is -2.33. The van der Waals surface area contributed by atoms with Gasteiger partial charge in [-0.05, 0) is 45.4 Å². The van der Waals surface area contributed by atoms with Crippen LogP contribution in [0.15, 0.2) is 24.3 Å². The van der Waals surface area contributed by atoms with Crippen molar-refractivity contribution in [2.45, 2.75) is 51.8 Å². The lowest BCUT2D eigenvalue weighted by atomic mass is 10.0. The fourth-order valence-electron chi connectivity index (χ4n) is 3.06. The summed E-state index contributed by atoms with van der Waals surface area (Å²) in [6.07, 6.45) is -0.913. The topological polar surface area (TPSA) is 154 Å². The maximum atomic E-state index is 13.4. The Morgan fingerprint density at radius 2 is 1.77 bits per heavy atom. The van der Waals surface area contributed by atoms with Crippen LogP contribution in [0.3, 0.4) is 0 Å². The van der Waals surface area contributed by atoms with Gasteiger partial charge in [-0.15, -0.1) is 0 Å². The summed E-state index contributed by atoms with van der Waals surface area (Å²) in [7, 11) is 0. The zero-order valence-corrected chi connectivity index (χ0v) is 21.3. The van der Waals surface area contributed by atoms with Crippen molar-refractivity contribution >= 4 is 36.5 Å². The van der Waals surface area contributed by atoms with Gasteiger partial charge in [-0.1, -0.05) is 12.1 Å². The summed E-state index contributed by atoms with van der Waals surface area (Å²) in [6, 6.07) is 3.22. The Morgan fingerprint density at radius 1 is 1.14 bits per heavy atom. The highest BCUT2D eigenvalue weighted by Crippen LogP contribution is 2.24. The number of carbonyl (C=O) groups is 4. The van der Waals surface area contributed by atoms with E-state index in [4.69, 9.17) is 9.47 Å². The molecule has 0 aromatic heterocycles. The number of hydrogen-bond donors (Lipinski definition) is 5. The minimum Gasteiger partial charge on any atom is -0.508 e. The molecule has 0 fully saturated rings. The zero-order chi connectivity index (χ0) is 26.6. The van der Waals surface area contributed by atoms with Gasteiger partial charge >= 0.3 is 12.1 Å². The molecule has 1 aromatic carbocycles. The highest BCUT2D eigenvalue weighted by Gasteiger charge is 2.35. The lowest BCUT2D eigenvalue weighted by molar-refractivity contribution is -0.144. The number of aliphatic hydroxyl groups excluding tert-OH is 1. The van der Waals surface area contributed by atoms with E-state index in [0.717, 1.165) is 4.90 Å². The predicted molar refractivity (Wildman–Crippen MR) is 131 cm³/mol. The Labute approximate surface area is 210 Å². The van der Waals surface area contributed by atoms with Crippen LogP contribution in [0, 0.1) is 0 Å². The molecule has 0 aliphatic heterocycles. The Morgan fingerprint density at radius 3 is 2.29 bits per heavy atom. The van der Waals surface area contributed by atoms with Crippen molar-refractivity contribution in [3.63, 3.8) is 0 Å². The smallest absolute Gasteiger partial charge is 0.408 e. The van der Waals surface area contributed by atoms with E-state index >= 15 is 0 Å². The molecule has 0 bridgehead atoms. The molecular weight excluding hydrogens is 478 g/mol. The molecule has 0 saturated heterocycles. The van der Waals surface area contributed by atoms with Crippen LogP contribution in [0.5, 0.6) is 5.75 Å². The van der Waals surface area contributed by atoms with Crippen LogP contribution in [0.25, 0.3) is 0 Å². The Bertz CT molecular complexity index is 857. The molecule has 0 aliphatic carbocycles. The molecule has 1 rings (SSSR count). The van der Waals surface area contributed by atoms with Gasteiger partial charge in [0.25, 0.3) is 0 Å². The first kappa shape index (κ1) is 30.0. The Hall–Kier alpha value is -2.99. The fourth-order valence-corrected chi connectivity index (χ4v) is 3.30.